The molecule has 0 unspecified atom stereocenters. The van der Waals surface area contributed by atoms with Crippen LogP contribution in [0.5, 0.6) is 0 Å². The van der Waals surface area contributed by atoms with Gasteiger partial charge in [0.2, 0.25) is 6.10 Å². The molecular formula is C19H18F3N3O3. The highest BCUT2D eigenvalue weighted by atomic mass is 19.4. The van der Waals surface area contributed by atoms with E-state index in [0.29, 0.717) is 5.56 Å². The molecule has 2 heterocycles. The summed E-state index contributed by atoms with van der Waals surface area (Å²) < 4.78 is 43.8. The lowest BCUT2D eigenvalue weighted by Gasteiger charge is -2.23. The largest absolute Gasteiger partial charge is 0.434 e. The summed E-state index contributed by atoms with van der Waals surface area (Å²) in [6, 6.07) is 6.91. The third kappa shape index (κ3) is 3.78. The summed E-state index contributed by atoms with van der Waals surface area (Å²) in [5.74, 6) is -0.571. The van der Waals surface area contributed by atoms with E-state index in [1.54, 1.807) is 12.1 Å². The van der Waals surface area contributed by atoms with Crippen molar-refractivity contribution >= 4 is 23.5 Å². The lowest BCUT2D eigenvalue weighted by molar-refractivity contribution is -0.198. The topological polar surface area (TPSA) is 71.5 Å². The van der Waals surface area contributed by atoms with Gasteiger partial charge >= 0.3 is 12.3 Å². The minimum atomic E-state index is -4.71. The number of hydrogen-bond donors (Lipinski definition) is 1. The van der Waals surface area contributed by atoms with Crippen molar-refractivity contribution in [2.75, 3.05) is 10.2 Å². The van der Waals surface area contributed by atoms with Crippen LogP contribution in [0.15, 0.2) is 36.5 Å². The van der Waals surface area contributed by atoms with Crippen molar-refractivity contribution in [2.24, 2.45) is 0 Å². The van der Waals surface area contributed by atoms with E-state index in [1.807, 2.05) is 19.9 Å². The Balaban J connectivity index is 1.92. The number of hydrogen-bond acceptors (Lipinski definition) is 4. The molecule has 0 bridgehead atoms. The molecule has 0 aliphatic carbocycles. The zero-order chi connectivity index (χ0) is 20.6. The summed E-state index contributed by atoms with van der Waals surface area (Å²) in [6.45, 7) is 4.91. The maximum atomic E-state index is 13.1. The number of carbonyl (C=O) groups excluding carboxylic acids is 2. The number of nitrogens with zero attached hydrogens (tertiary/aromatic N) is 2. The van der Waals surface area contributed by atoms with Crippen LogP contribution in [0.3, 0.4) is 0 Å². The molecule has 2 amide bonds. The number of aryl methyl sites for hydroxylation is 2. The van der Waals surface area contributed by atoms with Crippen LogP contribution in [0.1, 0.15) is 28.4 Å². The molecule has 0 saturated carbocycles. The lowest BCUT2D eigenvalue weighted by atomic mass is 10.1. The van der Waals surface area contributed by atoms with Crippen LogP contribution in [0, 0.1) is 13.8 Å². The van der Waals surface area contributed by atoms with Crippen LogP contribution in [-0.4, -0.2) is 35.3 Å². The monoisotopic (exact) mass is 393 g/mol. The van der Waals surface area contributed by atoms with Gasteiger partial charge in [-0.1, -0.05) is 17.2 Å². The average molecular weight is 393 g/mol. The Labute approximate surface area is 159 Å². The van der Waals surface area contributed by atoms with Gasteiger partial charge in [0.25, 0.3) is 5.91 Å². The highest BCUT2D eigenvalue weighted by molar-refractivity contribution is 6.07. The van der Waals surface area contributed by atoms with Gasteiger partial charge in [-0.05, 0) is 45.0 Å². The number of rotatable bonds is 3. The number of alkyl halides is 3. The number of halogens is 3. The minimum Gasteiger partial charge on any atom is -0.434 e. The number of carbonyl (C=O) groups is 2. The van der Waals surface area contributed by atoms with Gasteiger partial charge in [0, 0.05) is 11.8 Å². The number of benzene rings is 1. The van der Waals surface area contributed by atoms with E-state index in [1.165, 1.54) is 25.3 Å². The Morgan fingerprint density at radius 1 is 1.21 bits per heavy atom. The number of nitrogens with one attached hydrogen (secondary N) is 1. The first-order valence-corrected chi connectivity index (χ1v) is 8.49. The van der Waals surface area contributed by atoms with Gasteiger partial charge in [-0.25, -0.2) is 9.78 Å². The molecule has 1 aromatic carbocycles. The molecule has 1 fully saturated rings. The van der Waals surface area contributed by atoms with Gasteiger partial charge in [-0.15, -0.1) is 0 Å². The van der Waals surface area contributed by atoms with Gasteiger partial charge in [-0.2, -0.15) is 13.2 Å². The molecule has 28 heavy (non-hydrogen) atoms. The number of pyridine rings is 1. The van der Waals surface area contributed by atoms with Crippen molar-refractivity contribution in [3.63, 3.8) is 0 Å². The molecule has 3 rings (SSSR count). The molecular weight excluding hydrogens is 375 g/mol. The van der Waals surface area contributed by atoms with Gasteiger partial charge in [0.05, 0.1) is 11.7 Å². The highest BCUT2D eigenvalue weighted by Crippen LogP contribution is 2.37. The van der Waals surface area contributed by atoms with E-state index >= 15 is 0 Å². The number of ether oxygens (including phenoxy) is 1. The van der Waals surface area contributed by atoms with E-state index < -0.39 is 30.3 Å². The summed E-state index contributed by atoms with van der Waals surface area (Å²) >= 11 is 0. The fourth-order valence-corrected chi connectivity index (χ4v) is 3.17. The maximum absolute atomic E-state index is 13.1. The SMILES string of the molecule is Cc1cc(C)cc(C(=O)Nc2cccnc2N2C(=O)O[C@@H](C(F)(F)F)[C@@H]2C)c1. The number of cyclic esters (lactones) is 1. The molecule has 2 aromatic rings. The van der Waals surface area contributed by atoms with E-state index in [2.05, 4.69) is 15.0 Å². The first kappa shape index (κ1) is 19.7. The van der Waals surface area contributed by atoms with Gasteiger partial charge in [0.15, 0.2) is 5.82 Å². The molecule has 6 nitrogen and oxygen atoms in total. The van der Waals surface area contributed by atoms with E-state index in [0.717, 1.165) is 16.0 Å². The van der Waals surface area contributed by atoms with E-state index in [9.17, 15) is 22.8 Å². The predicted octanol–water partition coefficient (Wildman–Crippen LogP) is 4.23. The molecule has 0 radical (unpaired) electrons. The second-order valence-electron chi connectivity index (χ2n) is 6.66. The molecule has 0 spiro atoms. The average Bonchev–Trinajstić information content (AvgIpc) is 2.89. The van der Waals surface area contributed by atoms with Crippen LogP contribution in [0.2, 0.25) is 0 Å². The highest BCUT2D eigenvalue weighted by Gasteiger charge is 2.55. The lowest BCUT2D eigenvalue weighted by Crippen LogP contribution is -2.41. The number of anilines is 2. The van der Waals surface area contributed by atoms with Crippen LogP contribution in [0.25, 0.3) is 0 Å². The van der Waals surface area contributed by atoms with E-state index in [-0.39, 0.29) is 11.5 Å². The summed E-state index contributed by atoms with van der Waals surface area (Å²) in [7, 11) is 0. The number of aromatic nitrogens is 1. The Hall–Kier alpha value is -3.10. The molecule has 1 aromatic heterocycles. The molecule has 1 aliphatic heterocycles. The minimum absolute atomic E-state index is 0.107. The fraction of sp³-hybridized carbons (Fsp3) is 0.316. The van der Waals surface area contributed by atoms with Crippen molar-refractivity contribution < 1.29 is 27.5 Å². The summed E-state index contributed by atoms with van der Waals surface area (Å²) in [5.41, 5.74) is 2.28. The quantitative estimate of drug-likeness (QED) is 0.847. The Morgan fingerprint density at radius 3 is 2.43 bits per heavy atom. The standard InChI is InChI=1S/C19H18F3N3O3/c1-10-7-11(2)9-13(8-10)17(26)24-14-5-4-6-23-16(14)25-12(3)15(19(20,21)22)28-18(25)27/h4-9,12,15H,1-3H3,(H,24,26)/t12-,15+/m0/s1. The third-order valence-corrected chi connectivity index (χ3v) is 4.34. The molecule has 2 atom stereocenters. The predicted molar refractivity (Wildman–Crippen MR) is 96.4 cm³/mol. The summed E-state index contributed by atoms with van der Waals surface area (Å²) in [5, 5.41) is 2.62. The van der Waals surface area contributed by atoms with Crippen LogP contribution in [-0.2, 0) is 4.74 Å². The fourth-order valence-electron chi connectivity index (χ4n) is 3.17. The molecule has 9 heteroatoms. The zero-order valence-electron chi connectivity index (χ0n) is 15.4. The Bertz CT molecular complexity index is 910. The molecule has 1 saturated heterocycles. The first-order valence-electron chi connectivity index (χ1n) is 8.49. The first-order chi connectivity index (χ1) is 13.1. The molecule has 148 valence electrons. The maximum Gasteiger partial charge on any atom is 0.427 e. The van der Waals surface area contributed by atoms with Crippen LogP contribution < -0.4 is 10.2 Å². The Kier molecular flexibility index (Phi) is 5.01. The molecule has 1 aliphatic rings. The summed E-state index contributed by atoms with van der Waals surface area (Å²) in [6.07, 6.45) is -6.83. The van der Waals surface area contributed by atoms with Crippen molar-refractivity contribution in [3.8, 4) is 0 Å². The van der Waals surface area contributed by atoms with Crippen molar-refractivity contribution in [2.45, 2.75) is 39.1 Å². The summed E-state index contributed by atoms with van der Waals surface area (Å²) in [4.78, 5) is 29.5. The second-order valence-corrected chi connectivity index (χ2v) is 6.66. The Morgan fingerprint density at radius 2 is 1.86 bits per heavy atom. The van der Waals surface area contributed by atoms with Crippen molar-refractivity contribution in [1.29, 1.82) is 0 Å². The van der Waals surface area contributed by atoms with Crippen molar-refractivity contribution in [3.05, 3.63) is 53.2 Å². The van der Waals surface area contributed by atoms with Crippen LogP contribution in [0.4, 0.5) is 29.5 Å². The van der Waals surface area contributed by atoms with Gasteiger partial charge < -0.3 is 10.1 Å². The smallest absolute Gasteiger partial charge is 0.427 e. The van der Waals surface area contributed by atoms with E-state index in [4.69, 9.17) is 0 Å². The normalized spacial score (nSPS) is 19.5. The number of amides is 2. The molecule has 1 N–H and O–H groups in total. The van der Waals surface area contributed by atoms with Gasteiger partial charge in [-0.3, -0.25) is 9.69 Å². The van der Waals surface area contributed by atoms with Crippen LogP contribution >= 0.6 is 0 Å². The third-order valence-electron chi connectivity index (χ3n) is 4.34. The zero-order valence-corrected chi connectivity index (χ0v) is 15.4. The van der Waals surface area contributed by atoms with Gasteiger partial charge in [0.1, 0.15) is 0 Å². The second kappa shape index (κ2) is 7.14. The van der Waals surface area contributed by atoms with Crippen molar-refractivity contribution in [1.82, 2.24) is 4.98 Å².